The number of benzene rings is 1. The number of anilines is 1. The van der Waals surface area contributed by atoms with Gasteiger partial charge in [0.2, 0.25) is 10.0 Å². The number of halogens is 2. The van der Waals surface area contributed by atoms with Crippen LogP contribution >= 0.6 is 43.2 Å². The highest BCUT2D eigenvalue weighted by molar-refractivity contribution is 9.11. The summed E-state index contributed by atoms with van der Waals surface area (Å²) in [6, 6.07) is 8.63. The van der Waals surface area contributed by atoms with E-state index in [2.05, 4.69) is 31.9 Å². The second-order valence-corrected chi connectivity index (χ2v) is 9.69. The lowest BCUT2D eigenvalue weighted by Crippen LogP contribution is -2.30. The lowest BCUT2D eigenvalue weighted by Gasteiger charge is -2.20. The van der Waals surface area contributed by atoms with Crippen molar-refractivity contribution in [2.24, 2.45) is 0 Å². The van der Waals surface area contributed by atoms with Gasteiger partial charge in [-0.05, 0) is 46.3 Å². The minimum Gasteiger partial charge on any atom is -0.398 e. The molecule has 0 aliphatic carbocycles. The SMILES string of the molecule is CCN(Cc1ccc(Br)s1)S(=O)(=O)c1ccc(Br)cc1N. The van der Waals surface area contributed by atoms with Gasteiger partial charge in [0, 0.05) is 22.4 Å². The molecule has 0 bridgehead atoms. The molecule has 2 rings (SSSR count). The number of rotatable bonds is 5. The van der Waals surface area contributed by atoms with Crippen molar-refractivity contribution in [1.82, 2.24) is 4.31 Å². The Morgan fingerprint density at radius 1 is 1.24 bits per heavy atom. The Labute approximate surface area is 145 Å². The molecule has 0 aliphatic rings. The number of sulfonamides is 1. The maximum atomic E-state index is 12.7. The zero-order valence-corrected chi connectivity index (χ0v) is 16.0. The molecule has 0 spiro atoms. The molecule has 21 heavy (non-hydrogen) atoms. The van der Waals surface area contributed by atoms with Crippen LogP contribution < -0.4 is 5.73 Å². The summed E-state index contributed by atoms with van der Waals surface area (Å²) in [4.78, 5) is 1.12. The summed E-state index contributed by atoms with van der Waals surface area (Å²) in [6.07, 6.45) is 0. The molecule has 2 aromatic rings. The maximum Gasteiger partial charge on any atom is 0.245 e. The Kier molecular flexibility index (Phi) is 5.48. The molecule has 0 saturated carbocycles. The van der Waals surface area contributed by atoms with E-state index in [4.69, 9.17) is 5.73 Å². The number of nitrogens with zero attached hydrogens (tertiary/aromatic N) is 1. The minimum atomic E-state index is -3.61. The molecule has 0 amide bonds. The van der Waals surface area contributed by atoms with E-state index in [1.165, 1.54) is 21.7 Å². The van der Waals surface area contributed by atoms with Crippen molar-refractivity contribution in [2.45, 2.75) is 18.4 Å². The Bertz CT molecular complexity index is 744. The second kappa shape index (κ2) is 6.78. The normalized spacial score (nSPS) is 12.0. The van der Waals surface area contributed by atoms with Gasteiger partial charge in [-0.2, -0.15) is 4.31 Å². The Morgan fingerprint density at radius 3 is 2.48 bits per heavy atom. The number of thiophene rings is 1. The number of hydrogen-bond acceptors (Lipinski definition) is 4. The first-order chi connectivity index (χ1) is 9.84. The van der Waals surface area contributed by atoms with Crippen molar-refractivity contribution in [3.05, 3.63) is 43.5 Å². The van der Waals surface area contributed by atoms with E-state index in [1.54, 1.807) is 12.1 Å². The lowest BCUT2D eigenvalue weighted by atomic mass is 10.3. The fourth-order valence-corrected chi connectivity index (χ4v) is 5.35. The summed E-state index contributed by atoms with van der Waals surface area (Å²) in [6.45, 7) is 2.53. The van der Waals surface area contributed by atoms with Crippen molar-refractivity contribution in [2.75, 3.05) is 12.3 Å². The third kappa shape index (κ3) is 3.87. The largest absolute Gasteiger partial charge is 0.398 e. The average Bonchev–Trinajstić information content (AvgIpc) is 2.80. The highest BCUT2D eigenvalue weighted by atomic mass is 79.9. The molecule has 1 heterocycles. The molecule has 2 N–H and O–H groups in total. The Hall–Kier alpha value is -0.410. The van der Waals surface area contributed by atoms with E-state index in [0.717, 1.165) is 13.1 Å². The zero-order valence-electron chi connectivity index (χ0n) is 11.2. The van der Waals surface area contributed by atoms with Crippen LogP contribution in [-0.4, -0.2) is 19.3 Å². The maximum absolute atomic E-state index is 12.7. The molecule has 0 aliphatic heterocycles. The topological polar surface area (TPSA) is 63.4 Å². The summed E-state index contributed by atoms with van der Waals surface area (Å²) in [5, 5.41) is 0. The molecule has 0 saturated heterocycles. The molecule has 1 aromatic heterocycles. The van der Waals surface area contributed by atoms with Crippen molar-refractivity contribution in [1.29, 1.82) is 0 Å². The van der Waals surface area contributed by atoms with Crippen molar-refractivity contribution in [3.8, 4) is 0 Å². The first kappa shape index (κ1) is 17.0. The van der Waals surface area contributed by atoms with Crippen LogP contribution in [0.5, 0.6) is 0 Å². The average molecular weight is 454 g/mol. The summed E-state index contributed by atoms with van der Waals surface area (Å²) in [5.74, 6) is 0. The van der Waals surface area contributed by atoms with Gasteiger partial charge in [-0.3, -0.25) is 0 Å². The Morgan fingerprint density at radius 2 is 1.95 bits per heavy atom. The van der Waals surface area contributed by atoms with Gasteiger partial charge in [-0.1, -0.05) is 22.9 Å². The predicted molar refractivity (Wildman–Crippen MR) is 93.8 cm³/mol. The molecule has 0 atom stereocenters. The molecule has 0 fully saturated rings. The van der Waals surface area contributed by atoms with Gasteiger partial charge in [-0.25, -0.2) is 8.42 Å². The Balaban J connectivity index is 2.35. The third-order valence-electron chi connectivity index (χ3n) is 2.90. The highest BCUT2D eigenvalue weighted by Gasteiger charge is 2.25. The van der Waals surface area contributed by atoms with Crippen LogP contribution in [0.1, 0.15) is 11.8 Å². The predicted octanol–water partition coefficient (Wildman–Crippen LogP) is 4.07. The van der Waals surface area contributed by atoms with Crippen LogP contribution in [-0.2, 0) is 16.6 Å². The van der Waals surface area contributed by atoms with Crippen LogP contribution in [0.2, 0.25) is 0 Å². The quantitative estimate of drug-likeness (QED) is 0.694. The molecule has 4 nitrogen and oxygen atoms in total. The number of nitrogen functional groups attached to an aromatic ring is 1. The van der Waals surface area contributed by atoms with E-state index in [1.807, 2.05) is 19.1 Å². The fraction of sp³-hybridized carbons (Fsp3) is 0.231. The third-order valence-corrected chi connectivity index (χ3v) is 7.00. The summed E-state index contributed by atoms with van der Waals surface area (Å²) in [7, 11) is -3.61. The van der Waals surface area contributed by atoms with E-state index in [0.29, 0.717) is 13.1 Å². The molecule has 1 aromatic carbocycles. The van der Waals surface area contributed by atoms with Crippen molar-refractivity contribution < 1.29 is 8.42 Å². The highest BCUT2D eigenvalue weighted by Crippen LogP contribution is 2.29. The van der Waals surface area contributed by atoms with Gasteiger partial charge in [0.1, 0.15) is 4.90 Å². The van der Waals surface area contributed by atoms with Crippen molar-refractivity contribution >= 4 is 58.9 Å². The monoisotopic (exact) mass is 452 g/mol. The number of nitrogens with two attached hydrogens (primary N) is 1. The molecular weight excluding hydrogens is 440 g/mol. The van der Waals surface area contributed by atoms with E-state index < -0.39 is 10.0 Å². The minimum absolute atomic E-state index is 0.142. The second-order valence-electron chi connectivity index (χ2n) is 4.32. The standard InChI is InChI=1S/C13H14Br2N2O2S2/c1-2-17(8-10-4-6-13(15)20-10)21(18,19)12-5-3-9(14)7-11(12)16/h3-7H,2,8,16H2,1H3. The summed E-state index contributed by atoms with van der Waals surface area (Å²) >= 11 is 8.19. The van der Waals surface area contributed by atoms with Crippen LogP contribution in [0, 0.1) is 0 Å². The molecule has 114 valence electrons. The lowest BCUT2D eigenvalue weighted by molar-refractivity contribution is 0.426. The smallest absolute Gasteiger partial charge is 0.245 e. The summed E-state index contributed by atoms with van der Waals surface area (Å²) < 4.78 is 28.6. The first-order valence-corrected chi connectivity index (χ1v) is 9.98. The molecular formula is C13H14Br2N2O2S2. The van der Waals surface area contributed by atoms with Gasteiger partial charge < -0.3 is 5.73 Å². The van der Waals surface area contributed by atoms with Gasteiger partial charge >= 0.3 is 0 Å². The van der Waals surface area contributed by atoms with Crippen molar-refractivity contribution in [3.63, 3.8) is 0 Å². The van der Waals surface area contributed by atoms with Crippen LogP contribution in [0.3, 0.4) is 0 Å². The van der Waals surface area contributed by atoms with Gasteiger partial charge in [0.05, 0.1) is 9.47 Å². The van der Waals surface area contributed by atoms with Crippen LogP contribution in [0.25, 0.3) is 0 Å². The van der Waals surface area contributed by atoms with Gasteiger partial charge in [0.25, 0.3) is 0 Å². The van der Waals surface area contributed by atoms with E-state index in [9.17, 15) is 8.42 Å². The zero-order chi connectivity index (χ0) is 15.6. The molecule has 0 unspecified atom stereocenters. The first-order valence-electron chi connectivity index (χ1n) is 6.14. The van der Waals surface area contributed by atoms with Crippen LogP contribution in [0.4, 0.5) is 5.69 Å². The molecule has 0 radical (unpaired) electrons. The fourth-order valence-electron chi connectivity index (χ4n) is 1.87. The molecule has 8 heteroatoms. The van der Waals surface area contributed by atoms with Crippen LogP contribution in [0.15, 0.2) is 43.5 Å². The number of hydrogen-bond donors (Lipinski definition) is 1. The van der Waals surface area contributed by atoms with E-state index >= 15 is 0 Å². The summed E-state index contributed by atoms with van der Waals surface area (Å²) in [5.41, 5.74) is 6.10. The van der Waals surface area contributed by atoms with E-state index in [-0.39, 0.29) is 10.6 Å². The van der Waals surface area contributed by atoms with Gasteiger partial charge in [-0.15, -0.1) is 11.3 Å². The van der Waals surface area contributed by atoms with Gasteiger partial charge in [0.15, 0.2) is 0 Å².